The molecule has 0 aromatic carbocycles. The Bertz CT molecular complexity index is 1100. The molecule has 0 bridgehead atoms. The van der Waals surface area contributed by atoms with Crippen molar-refractivity contribution < 1.29 is 4.74 Å². The van der Waals surface area contributed by atoms with Gasteiger partial charge in [0, 0.05) is 57.1 Å². The highest BCUT2D eigenvalue weighted by molar-refractivity contribution is 7.13. The SMILES string of the molecule is CCO[C@H]1CN(c2nccs2)C[C@H]1Nc1nc(CC)c(-c2cnc(N(C)C)cc2C)nc1CC. The third-order valence-corrected chi connectivity index (χ3v) is 7.01. The van der Waals surface area contributed by atoms with Crippen LogP contribution in [0.5, 0.6) is 0 Å². The van der Waals surface area contributed by atoms with Crippen molar-refractivity contribution in [2.45, 2.75) is 52.7 Å². The summed E-state index contributed by atoms with van der Waals surface area (Å²) in [5.41, 5.74) is 5.06. The van der Waals surface area contributed by atoms with Crippen molar-refractivity contribution in [2.75, 3.05) is 48.9 Å². The molecular formula is C25H35N7OS. The minimum atomic E-state index is 0.0650. The van der Waals surface area contributed by atoms with Gasteiger partial charge in [-0.3, -0.25) is 0 Å². The molecule has 1 fully saturated rings. The van der Waals surface area contributed by atoms with Crippen LogP contribution in [-0.4, -0.2) is 65.9 Å². The average Bonchev–Trinajstić information content (AvgIpc) is 3.49. The molecule has 3 aromatic rings. The van der Waals surface area contributed by atoms with Crippen molar-refractivity contribution in [3.05, 3.63) is 40.8 Å². The van der Waals surface area contributed by atoms with E-state index >= 15 is 0 Å². The molecule has 0 radical (unpaired) electrons. The van der Waals surface area contributed by atoms with E-state index < -0.39 is 0 Å². The van der Waals surface area contributed by atoms with Gasteiger partial charge in [-0.1, -0.05) is 13.8 Å². The van der Waals surface area contributed by atoms with E-state index in [0.29, 0.717) is 6.61 Å². The molecule has 3 aromatic heterocycles. The summed E-state index contributed by atoms with van der Waals surface area (Å²) in [6, 6.07) is 2.22. The number of aromatic nitrogens is 4. The van der Waals surface area contributed by atoms with Gasteiger partial charge in [0.2, 0.25) is 0 Å². The predicted molar refractivity (Wildman–Crippen MR) is 140 cm³/mol. The molecule has 182 valence electrons. The Labute approximate surface area is 206 Å². The zero-order valence-corrected chi connectivity index (χ0v) is 21.8. The largest absolute Gasteiger partial charge is 0.374 e. The second-order valence-electron chi connectivity index (χ2n) is 8.74. The summed E-state index contributed by atoms with van der Waals surface area (Å²) in [4.78, 5) is 23.6. The molecule has 0 spiro atoms. The van der Waals surface area contributed by atoms with Crippen molar-refractivity contribution in [3.63, 3.8) is 0 Å². The number of anilines is 3. The molecule has 0 amide bonds. The van der Waals surface area contributed by atoms with Gasteiger partial charge in [-0.2, -0.15) is 0 Å². The maximum atomic E-state index is 6.10. The first kappa shape index (κ1) is 24.3. The second kappa shape index (κ2) is 10.7. The van der Waals surface area contributed by atoms with Crippen LogP contribution in [0.15, 0.2) is 23.8 Å². The molecule has 1 saturated heterocycles. The standard InChI is InChI=1S/C25H35N7OS/c1-7-18-23(17-13-27-22(31(5)6)12-16(17)4)28-19(8-2)24(29-18)30-20-14-32(15-21(20)33-9-3)25-26-10-11-34-25/h10-13,20-21H,7-9,14-15H2,1-6H3,(H,29,30)/t20-,21+/m1/s1. The van der Waals surface area contributed by atoms with Crippen molar-refractivity contribution >= 4 is 28.1 Å². The summed E-state index contributed by atoms with van der Waals surface area (Å²) < 4.78 is 6.10. The lowest BCUT2D eigenvalue weighted by atomic mass is 10.0. The van der Waals surface area contributed by atoms with Crippen LogP contribution < -0.4 is 15.1 Å². The highest BCUT2D eigenvalue weighted by atomic mass is 32.1. The van der Waals surface area contributed by atoms with Gasteiger partial charge in [-0.15, -0.1) is 11.3 Å². The minimum absolute atomic E-state index is 0.0650. The Morgan fingerprint density at radius 2 is 1.91 bits per heavy atom. The monoisotopic (exact) mass is 481 g/mol. The Hall–Kier alpha value is -2.78. The number of thiazole rings is 1. The average molecular weight is 482 g/mol. The lowest BCUT2D eigenvalue weighted by molar-refractivity contribution is 0.0719. The van der Waals surface area contributed by atoms with Crippen LogP contribution in [0.1, 0.15) is 37.7 Å². The summed E-state index contributed by atoms with van der Waals surface area (Å²) >= 11 is 1.66. The molecule has 34 heavy (non-hydrogen) atoms. The fourth-order valence-corrected chi connectivity index (χ4v) is 5.03. The molecule has 1 aliphatic heterocycles. The summed E-state index contributed by atoms with van der Waals surface area (Å²) in [6.45, 7) is 10.7. The molecular weight excluding hydrogens is 446 g/mol. The van der Waals surface area contributed by atoms with Crippen molar-refractivity contribution in [3.8, 4) is 11.3 Å². The fourth-order valence-electron chi connectivity index (χ4n) is 4.36. The van der Waals surface area contributed by atoms with Crippen LogP contribution in [0.4, 0.5) is 16.8 Å². The van der Waals surface area contributed by atoms with Gasteiger partial charge >= 0.3 is 0 Å². The van der Waals surface area contributed by atoms with Crippen LogP contribution in [0.2, 0.25) is 0 Å². The molecule has 9 heteroatoms. The number of ether oxygens (including phenoxy) is 1. The first-order valence-electron chi connectivity index (χ1n) is 12.0. The third-order valence-electron chi connectivity index (χ3n) is 6.18. The first-order valence-corrected chi connectivity index (χ1v) is 12.9. The molecule has 0 aliphatic carbocycles. The smallest absolute Gasteiger partial charge is 0.185 e. The molecule has 1 N–H and O–H groups in total. The van der Waals surface area contributed by atoms with Gasteiger partial charge in [-0.25, -0.2) is 19.9 Å². The Balaban J connectivity index is 1.65. The minimum Gasteiger partial charge on any atom is -0.374 e. The van der Waals surface area contributed by atoms with Crippen LogP contribution in [0.3, 0.4) is 0 Å². The number of nitrogens with zero attached hydrogens (tertiary/aromatic N) is 6. The molecule has 0 saturated carbocycles. The number of rotatable bonds is 9. The quantitative estimate of drug-likeness (QED) is 0.487. The van der Waals surface area contributed by atoms with Gasteiger partial charge in [0.05, 0.1) is 29.2 Å². The number of hydrogen-bond donors (Lipinski definition) is 1. The summed E-state index contributed by atoms with van der Waals surface area (Å²) in [5, 5.41) is 6.74. The number of aryl methyl sites for hydroxylation is 3. The molecule has 4 heterocycles. The van der Waals surface area contributed by atoms with Crippen molar-refractivity contribution in [1.82, 2.24) is 19.9 Å². The van der Waals surface area contributed by atoms with Gasteiger partial charge in [0.15, 0.2) is 5.13 Å². The number of hydrogen-bond acceptors (Lipinski definition) is 9. The highest BCUT2D eigenvalue weighted by Crippen LogP contribution is 2.30. The van der Waals surface area contributed by atoms with E-state index in [1.54, 1.807) is 11.3 Å². The van der Waals surface area contributed by atoms with E-state index in [1.807, 2.05) is 43.7 Å². The van der Waals surface area contributed by atoms with Crippen LogP contribution >= 0.6 is 11.3 Å². The molecule has 2 atom stereocenters. The van der Waals surface area contributed by atoms with E-state index in [1.165, 1.54) is 0 Å². The summed E-state index contributed by atoms with van der Waals surface area (Å²) in [5.74, 6) is 1.79. The second-order valence-corrected chi connectivity index (χ2v) is 9.61. The van der Waals surface area contributed by atoms with E-state index in [4.69, 9.17) is 14.7 Å². The van der Waals surface area contributed by atoms with Crippen LogP contribution in [-0.2, 0) is 17.6 Å². The topological polar surface area (TPSA) is 79.3 Å². The lowest BCUT2D eigenvalue weighted by Crippen LogP contribution is -2.35. The molecule has 8 nitrogen and oxygen atoms in total. The third kappa shape index (κ3) is 5.00. The molecule has 1 aliphatic rings. The maximum Gasteiger partial charge on any atom is 0.185 e. The van der Waals surface area contributed by atoms with Gasteiger partial charge in [-0.05, 0) is 38.3 Å². The normalized spacial score (nSPS) is 17.9. The maximum absolute atomic E-state index is 6.10. The van der Waals surface area contributed by atoms with Gasteiger partial charge in [0.1, 0.15) is 11.6 Å². The fraction of sp³-hybridized carbons (Fsp3) is 0.520. The van der Waals surface area contributed by atoms with E-state index in [9.17, 15) is 0 Å². The summed E-state index contributed by atoms with van der Waals surface area (Å²) in [6.07, 6.45) is 5.42. The zero-order chi connectivity index (χ0) is 24.2. The first-order chi connectivity index (χ1) is 16.4. The van der Waals surface area contributed by atoms with Crippen molar-refractivity contribution in [1.29, 1.82) is 0 Å². The van der Waals surface area contributed by atoms with E-state index in [-0.39, 0.29) is 12.1 Å². The van der Waals surface area contributed by atoms with E-state index in [2.05, 4.69) is 47.0 Å². The number of pyridine rings is 1. The van der Waals surface area contributed by atoms with Gasteiger partial charge < -0.3 is 19.9 Å². The Morgan fingerprint density at radius 1 is 1.12 bits per heavy atom. The predicted octanol–water partition coefficient (Wildman–Crippen LogP) is 4.20. The number of nitrogens with one attached hydrogen (secondary N) is 1. The van der Waals surface area contributed by atoms with Crippen molar-refractivity contribution in [2.24, 2.45) is 0 Å². The molecule has 0 unspecified atom stereocenters. The Morgan fingerprint density at radius 3 is 2.53 bits per heavy atom. The van der Waals surface area contributed by atoms with Gasteiger partial charge in [0.25, 0.3) is 0 Å². The highest BCUT2D eigenvalue weighted by Gasteiger charge is 2.35. The summed E-state index contributed by atoms with van der Waals surface area (Å²) in [7, 11) is 4.01. The Kier molecular flexibility index (Phi) is 7.63. The van der Waals surface area contributed by atoms with E-state index in [0.717, 1.165) is 70.9 Å². The lowest BCUT2D eigenvalue weighted by Gasteiger charge is -2.22. The van der Waals surface area contributed by atoms with Crippen LogP contribution in [0.25, 0.3) is 11.3 Å². The zero-order valence-electron chi connectivity index (χ0n) is 21.0. The molecule has 4 rings (SSSR count). The van der Waals surface area contributed by atoms with Crippen LogP contribution in [0, 0.1) is 6.92 Å².